The average Bonchev–Trinajstić information content (AvgIpc) is 2.86. The Morgan fingerprint density at radius 2 is 2.26 bits per heavy atom. The van der Waals surface area contributed by atoms with Crippen LogP contribution in [0.15, 0.2) is 24.5 Å². The summed E-state index contributed by atoms with van der Waals surface area (Å²) in [5.41, 5.74) is 0.404. The summed E-state index contributed by atoms with van der Waals surface area (Å²) in [6.45, 7) is 1.51. The van der Waals surface area contributed by atoms with Crippen molar-refractivity contribution in [2.24, 2.45) is 0 Å². The summed E-state index contributed by atoms with van der Waals surface area (Å²) in [5, 5.41) is 13.5. The molecular formula is C12H12FN3O3. The molecule has 19 heavy (non-hydrogen) atoms. The van der Waals surface area contributed by atoms with Gasteiger partial charge in [0.15, 0.2) is 0 Å². The van der Waals surface area contributed by atoms with E-state index in [0.29, 0.717) is 5.56 Å². The van der Waals surface area contributed by atoms with E-state index in [2.05, 4.69) is 14.8 Å². The molecule has 1 N–H and O–H groups in total. The van der Waals surface area contributed by atoms with Crippen LogP contribution in [-0.4, -0.2) is 33.0 Å². The van der Waals surface area contributed by atoms with Gasteiger partial charge in [-0.2, -0.15) is 0 Å². The first-order valence-electron chi connectivity index (χ1n) is 5.51. The number of esters is 1. The summed E-state index contributed by atoms with van der Waals surface area (Å²) in [5.74, 6) is -1.46. The summed E-state index contributed by atoms with van der Waals surface area (Å²) in [6, 6.07) is 4.29. The molecule has 0 aliphatic heterocycles. The van der Waals surface area contributed by atoms with Gasteiger partial charge in [0.25, 0.3) is 5.82 Å². The van der Waals surface area contributed by atoms with E-state index in [1.54, 1.807) is 6.07 Å². The van der Waals surface area contributed by atoms with E-state index in [1.807, 2.05) is 0 Å². The van der Waals surface area contributed by atoms with Gasteiger partial charge in [0.05, 0.1) is 13.2 Å². The minimum atomic E-state index is -0.878. The minimum Gasteiger partial charge on any atom is -0.463 e. The van der Waals surface area contributed by atoms with Crippen LogP contribution < -0.4 is 0 Å². The zero-order valence-corrected chi connectivity index (χ0v) is 10.4. The predicted molar refractivity (Wildman–Crippen MR) is 63.3 cm³/mol. The number of aliphatic hydroxyl groups excluding tert-OH is 1. The summed E-state index contributed by atoms with van der Waals surface area (Å²) in [6.07, 6.45) is 0.313. The Balaban J connectivity index is 2.53. The van der Waals surface area contributed by atoms with Gasteiger partial charge in [0.1, 0.15) is 17.8 Å². The van der Waals surface area contributed by atoms with Crippen molar-refractivity contribution in [1.82, 2.24) is 14.8 Å². The van der Waals surface area contributed by atoms with Crippen molar-refractivity contribution in [2.45, 2.75) is 13.0 Å². The van der Waals surface area contributed by atoms with Gasteiger partial charge < -0.3 is 9.84 Å². The number of aliphatic hydroxyl groups is 1. The first-order chi connectivity index (χ1) is 9.04. The fourth-order valence-electron chi connectivity index (χ4n) is 1.67. The molecule has 7 heteroatoms. The molecule has 1 aromatic heterocycles. The third-order valence-electron chi connectivity index (χ3n) is 2.56. The van der Waals surface area contributed by atoms with Crippen LogP contribution in [0.25, 0.3) is 5.69 Å². The maximum absolute atomic E-state index is 13.9. The molecule has 0 unspecified atom stereocenters. The van der Waals surface area contributed by atoms with E-state index < -0.39 is 17.9 Å². The lowest BCUT2D eigenvalue weighted by molar-refractivity contribution is 0.0587. The Bertz CT molecular complexity index is 610. The molecule has 1 heterocycles. The standard InChI is InChI=1S/C12H12FN3O3/c1-7(17)8-4-3-5-9(13)10(8)16-6-14-11(15-16)12(18)19-2/h3-7,17H,1-2H3/t7-/m1/s1. The lowest BCUT2D eigenvalue weighted by atomic mass is 10.1. The van der Waals surface area contributed by atoms with E-state index >= 15 is 0 Å². The third-order valence-corrected chi connectivity index (χ3v) is 2.56. The van der Waals surface area contributed by atoms with Crippen LogP contribution in [0.4, 0.5) is 4.39 Å². The molecule has 0 bridgehead atoms. The Labute approximate surface area is 108 Å². The summed E-state index contributed by atoms with van der Waals surface area (Å²) in [7, 11) is 1.20. The molecule has 6 nitrogen and oxygen atoms in total. The van der Waals surface area contributed by atoms with Crippen LogP contribution >= 0.6 is 0 Å². The number of carbonyl (C=O) groups is 1. The zero-order chi connectivity index (χ0) is 14.0. The highest BCUT2D eigenvalue weighted by molar-refractivity contribution is 5.84. The van der Waals surface area contributed by atoms with Crippen LogP contribution in [0.2, 0.25) is 0 Å². The number of methoxy groups -OCH3 is 1. The summed E-state index contributed by atoms with van der Waals surface area (Å²) < 4.78 is 19.4. The SMILES string of the molecule is COC(=O)c1ncn(-c2c(F)cccc2[C@@H](C)O)n1. The monoisotopic (exact) mass is 265 g/mol. The van der Waals surface area contributed by atoms with Gasteiger partial charge in [-0.15, -0.1) is 5.10 Å². The van der Waals surface area contributed by atoms with Crippen LogP contribution in [0.3, 0.4) is 0 Å². The second-order valence-electron chi connectivity index (χ2n) is 3.86. The van der Waals surface area contributed by atoms with Gasteiger partial charge in [-0.25, -0.2) is 18.9 Å². The molecule has 0 saturated carbocycles. The fraction of sp³-hybridized carbons (Fsp3) is 0.250. The van der Waals surface area contributed by atoms with E-state index in [1.165, 1.54) is 32.5 Å². The molecule has 0 radical (unpaired) electrons. The average molecular weight is 265 g/mol. The lowest BCUT2D eigenvalue weighted by Gasteiger charge is -2.12. The number of hydrogen-bond acceptors (Lipinski definition) is 5. The Hall–Kier alpha value is -2.28. The first kappa shape index (κ1) is 13.2. The summed E-state index contributed by atoms with van der Waals surface area (Å²) in [4.78, 5) is 15.0. The smallest absolute Gasteiger partial charge is 0.377 e. The molecule has 0 spiro atoms. The van der Waals surface area contributed by atoms with E-state index in [9.17, 15) is 14.3 Å². The van der Waals surface area contributed by atoms with Crippen molar-refractivity contribution >= 4 is 5.97 Å². The molecule has 0 aliphatic rings. The van der Waals surface area contributed by atoms with Crippen molar-refractivity contribution in [3.8, 4) is 5.69 Å². The number of para-hydroxylation sites is 1. The second kappa shape index (κ2) is 5.15. The first-order valence-corrected chi connectivity index (χ1v) is 5.51. The normalized spacial score (nSPS) is 12.2. The highest BCUT2D eigenvalue weighted by Gasteiger charge is 2.18. The summed E-state index contributed by atoms with van der Waals surface area (Å²) >= 11 is 0. The predicted octanol–water partition coefficient (Wildman–Crippen LogP) is 1.25. The number of halogens is 1. The topological polar surface area (TPSA) is 77.2 Å². The third kappa shape index (κ3) is 2.45. The number of ether oxygens (including phenoxy) is 1. The largest absolute Gasteiger partial charge is 0.463 e. The van der Waals surface area contributed by atoms with Crippen LogP contribution in [0.1, 0.15) is 29.2 Å². The van der Waals surface area contributed by atoms with Gasteiger partial charge in [-0.3, -0.25) is 0 Å². The van der Waals surface area contributed by atoms with Crippen molar-refractivity contribution in [2.75, 3.05) is 7.11 Å². The van der Waals surface area contributed by atoms with Crippen LogP contribution in [-0.2, 0) is 4.74 Å². The fourth-order valence-corrected chi connectivity index (χ4v) is 1.67. The number of benzene rings is 1. The number of nitrogens with zero attached hydrogens (tertiary/aromatic N) is 3. The molecule has 100 valence electrons. The second-order valence-corrected chi connectivity index (χ2v) is 3.86. The molecule has 0 fully saturated rings. The van der Waals surface area contributed by atoms with Crippen molar-refractivity contribution < 1.29 is 19.0 Å². The quantitative estimate of drug-likeness (QED) is 0.845. The van der Waals surface area contributed by atoms with Gasteiger partial charge in [-0.1, -0.05) is 12.1 Å². The van der Waals surface area contributed by atoms with Crippen molar-refractivity contribution in [1.29, 1.82) is 0 Å². The number of carbonyl (C=O) groups excluding carboxylic acids is 1. The number of aromatic nitrogens is 3. The molecule has 0 amide bonds. The van der Waals surface area contributed by atoms with Gasteiger partial charge in [-0.05, 0) is 13.0 Å². The minimum absolute atomic E-state index is 0.0557. The number of rotatable bonds is 3. The Morgan fingerprint density at radius 3 is 2.89 bits per heavy atom. The molecule has 1 atom stereocenters. The van der Waals surface area contributed by atoms with E-state index in [-0.39, 0.29) is 11.5 Å². The number of hydrogen-bond donors (Lipinski definition) is 1. The lowest BCUT2D eigenvalue weighted by Crippen LogP contribution is -2.08. The molecule has 1 aromatic carbocycles. The molecule has 2 aromatic rings. The van der Waals surface area contributed by atoms with Crippen molar-refractivity contribution in [3.05, 3.63) is 41.7 Å². The molecule has 0 aliphatic carbocycles. The van der Waals surface area contributed by atoms with E-state index in [0.717, 1.165) is 4.68 Å². The van der Waals surface area contributed by atoms with Crippen molar-refractivity contribution in [3.63, 3.8) is 0 Å². The Kier molecular flexibility index (Phi) is 3.57. The van der Waals surface area contributed by atoms with Crippen LogP contribution in [0.5, 0.6) is 0 Å². The molecule has 0 saturated heterocycles. The van der Waals surface area contributed by atoms with Gasteiger partial charge in [0.2, 0.25) is 0 Å². The maximum atomic E-state index is 13.9. The Morgan fingerprint density at radius 1 is 1.53 bits per heavy atom. The maximum Gasteiger partial charge on any atom is 0.377 e. The highest BCUT2D eigenvalue weighted by atomic mass is 19.1. The van der Waals surface area contributed by atoms with E-state index in [4.69, 9.17) is 0 Å². The van der Waals surface area contributed by atoms with Gasteiger partial charge in [0, 0.05) is 5.56 Å². The molecule has 2 rings (SSSR count). The molecular weight excluding hydrogens is 253 g/mol. The zero-order valence-electron chi connectivity index (χ0n) is 10.4. The van der Waals surface area contributed by atoms with Crippen LogP contribution in [0, 0.1) is 5.82 Å². The van der Waals surface area contributed by atoms with Gasteiger partial charge >= 0.3 is 5.97 Å². The highest BCUT2D eigenvalue weighted by Crippen LogP contribution is 2.23.